The number of benzene rings is 1. The number of unbranched alkanes of at least 4 members (excludes halogenated alkanes) is 8. The molecule has 0 fully saturated rings. The Bertz CT molecular complexity index is 609. The number of nitro groups is 1. The molecule has 0 saturated heterocycles. The molecule has 0 aromatic heterocycles. The number of hydrogen-bond donors (Lipinski definition) is 3. The number of nitro benzene ring substituents is 1. The van der Waals surface area contributed by atoms with Crippen molar-refractivity contribution in [3.63, 3.8) is 0 Å². The third kappa shape index (κ3) is 10.4. The zero-order chi connectivity index (χ0) is 21.5. The van der Waals surface area contributed by atoms with E-state index < -0.39 is 23.0 Å². The number of aliphatic hydroxyl groups is 2. The molecule has 0 spiro atoms. The monoisotopic (exact) mass is 408 g/mol. The van der Waals surface area contributed by atoms with Crippen LogP contribution in [0.4, 0.5) is 5.69 Å². The molecule has 1 amide bonds. The van der Waals surface area contributed by atoms with Crippen molar-refractivity contribution < 1.29 is 19.9 Å². The fourth-order valence-electron chi connectivity index (χ4n) is 3.40. The van der Waals surface area contributed by atoms with Gasteiger partial charge in [0.1, 0.15) is 0 Å². The average Bonchev–Trinajstić information content (AvgIpc) is 2.70. The molecule has 1 rings (SSSR count). The zero-order valence-electron chi connectivity index (χ0n) is 17.5. The fraction of sp³-hybridized carbons (Fsp3) is 0.682. The van der Waals surface area contributed by atoms with Gasteiger partial charge in [-0.05, 0) is 6.42 Å². The van der Waals surface area contributed by atoms with Crippen LogP contribution < -0.4 is 5.32 Å². The van der Waals surface area contributed by atoms with Crippen LogP contribution in [-0.4, -0.2) is 39.8 Å². The second-order valence-corrected chi connectivity index (χ2v) is 7.60. The summed E-state index contributed by atoms with van der Waals surface area (Å²) in [5.41, 5.74) is 0.193. The van der Waals surface area contributed by atoms with Gasteiger partial charge in [0.25, 0.3) is 5.69 Å². The Balaban J connectivity index is 2.31. The smallest absolute Gasteiger partial charge is 0.273 e. The fourth-order valence-corrected chi connectivity index (χ4v) is 3.40. The molecular weight excluding hydrogens is 372 g/mol. The second kappa shape index (κ2) is 14.9. The van der Waals surface area contributed by atoms with Crippen molar-refractivity contribution in [1.82, 2.24) is 5.32 Å². The highest BCUT2D eigenvalue weighted by Gasteiger charge is 2.22. The van der Waals surface area contributed by atoms with Gasteiger partial charge in [-0.25, -0.2) is 0 Å². The van der Waals surface area contributed by atoms with E-state index in [0.29, 0.717) is 12.0 Å². The summed E-state index contributed by atoms with van der Waals surface area (Å²) in [5.74, 6) is -0.454. The molecule has 3 N–H and O–H groups in total. The lowest BCUT2D eigenvalue weighted by molar-refractivity contribution is -0.385. The van der Waals surface area contributed by atoms with Crippen molar-refractivity contribution in [2.75, 3.05) is 6.61 Å². The summed E-state index contributed by atoms with van der Waals surface area (Å²) in [7, 11) is 0. The highest BCUT2D eigenvalue weighted by atomic mass is 16.6. The molecule has 0 saturated carbocycles. The van der Waals surface area contributed by atoms with Crippen molar-refractivity contribution in [2.45, 2.75) is 89.7 Å². The molecule has 0 aliphatic rings. The van der Waals surface area contributed by atoms with Gasteiger partial charge >= 0.3 is 0 Å². The first-order valence-corrected chi connectivity index (χ1v) is 10.8. The molecular formula is C22H36N2O5. The van der Waals surface area contributed by atoms with Crippen LogP contribution in [0.1, 0.15) is 76.7 Å². The average molecular weight is 409 g/mol. The molecule has 0 aliphatic heterocycles. The number of carbonyl (C=O) groups excluding carboxylic acids is 1. The molecule has 1 aromatic rings. The van der Waals surface area contributed by atoms with Gasteiger partial charge in [-0.2, -0.15) is 0 Å². The number of amides is 1. The highest BCUT2D eigenvalue weighted by Crippen LogP contribution is 2.18. The van der Waals surface area contributed by atoms with Gasteiger partial charge in [-0.3, -0.25) is 14.9 Å². The van der Waals surface area contributed by atoms with E-state index >= 15 is 0 Å². The molecule has 0 heterocycles. The summed E-state index contributed by atoms with van der Waals surface area (Å²) in [6.45, 7) is 1.83. The third-order valence-corrected chi connectivity index (χ3v) is 5.15. The predicted octanol–water partition coefficient (Wildman–Crippen LogP) is 3.90. The molecule has 0 bridgehead atoms. The third-order valence-electron chi connectivity index (χ3n) is 5.15. The lowest BCUT2D eigenvalue weighted by Crippen LogP contribution is -2.46. The quantitative estimate of drug-likeness (QED) is 0.218. The lowest BCUT2D eigenvalue weighted by Gasteiger charge is -2.22. The molecule has 2 unspecified atom stereocenters. The Hall–Kier alpha value is -1.99. The zero-order valence-corrected chi connectivity index (χ0v) is 17.5. The summed E-state index contributed by atoms with van der Waals surface area (Å²) in [6, 6.07) is 5.30. The van der Waals surface area contributed by atoms with Gasteiger partial charge in [0.2, 0.25) is 5.91 Å². The van der Waals surface area contributed by atoms with Crippen LogP contribution in [0.25, 0.3) is 0 Å². The van der Waals surface area contributed by atoms with E-state index in [1.165, 1.54) is 50.7 Å². The van der Waals surface area contributed by atoms with Crippen LogP contribution in [0.2, 0.25) is 0 Å². The minimum atomic E-state index is -0.834. The number of para-hydroxylation sites is 1. The van der Waals surface area contributed by atoms with Gasteiger partial charge in [-0.1, -0.05) is 82.9 Å². The highest BCUT2D eigenvalue weighted by molar-refractivity contribution is 5.80. The Labute approximate surface area is 173 Å². The molecule has 0 aliphatic carbocycles. The maximum Gasteiger partial charge on any atom is 0.273 e. The molecule has 7 heteroatoms. The molecule has 29 heavy (non-hydrogen) atoms. The summed E-state index contributed by atoms with van der Waals surface area (Å²) >= 11 is 0. The first kappa shape index (κ1) is 25.0. The largest absolute Gasteiger partial charge is 0.394 e. The van der Waals surface area contributed by atoms with Crippen LogP contribution in [0.15, 0.2) is 24.3 Å². The molecule has 1 aromatic carbocycles. The Kier molecular flexibility index (Phi) is 12.9. The van der Waals surface area contributed by atoms with Crippen LogP contribution in [0, 0.1) is 10.1 Å². The normalized spacial score (nSPS) is 13.1. The van der Waals surface area contributed by atoms with Gasteiger partial charge in [0.15, 0.2) is 0 Å². The van der Waals surface area contributed by atoms with Gasteiger partial charge < -0.3 is 15.5 Å². The van der Waals surface area contributed by atoms with E-state index in [-0.39, 0.29) is 18.7 Å². The summed E-state index contributed by atoms with van der Waals surface area (Å²) in [6.07, 6.45) is 10.1. The Morgan fingerprint density at radius 2 is 1.66 bits per heavy atom. The minimum Gasteiger partial charge on any atom is -0.394 e. The van der Waals surface area contributed by atoms with Crippen molar-refractivity contribution in [3.8, 4) is 0 Å². The first-order valence-electron chi connectivity index (χ1n) is 10.8. The number of nitrogens with zero attached hydrogens (tertiary/aromatic N) is 1. The van der Waals surface area contributed by atoms with Crippen LogP contribution in [0.5, 0.6) is 0 Å². The summed E-state index contributed by atoms with van der Waals surface area (Å²) in [5, 5.41) is 33.4. The van der Waals surface area contributed by atoms with Crippen molar-refractivity contribution in [2.24, 2.45) is 0 Å². The number of aliphatic hydroxyl groups excluding tert-OH is 2. The van der Waals surface area contributed by atoms with E-state index in [9.17, 15) is 25.1 Å². The van der Waals surface area contributed by atoms with Crippen LogP contribution in [0.3, 0.4) is 0 Å². The molecule has 0 radical (unpaired) electrons. The first-order chi connectivity index (χ1) is 14.0. The van der Waals surface area contributed by atoms with Gasteiger partial charge in [0, 0.05) is 11.6 Å². The topological polar surface area (TPSA) is 113 Å². The number of nitrogens with one attached hydrogen (secondary N) is 1. The SMILES string of the molecule is CCCCCCCCCCCC(O)C(CO)NC(=O)Cc1ccccc1[N+](=O)[O-]. The maximum atomic E-state index is 12.2. The van der Waals surface area contributed by atoms with Crippen molar-refractivity contribution >= 4 is 11.6 Å². The van der Waals surface area contributed by atoms with Gasteiger partial charge in [0.05, 0.1) is 30.1 Å². The Morgan fingerprint density at radius 3 is 2.24 bits per heavy atom. The van der Waals surface area contributed by atoms with Crippen molar-refractivity contribution in [1.29, 1.82) is 0 Å². The van der Waals surface area contributed by atoms with Crippen LogP contribution in [-0.2, 0) is 11.2 Å². The molecule has 2 atom stereocenters. The van der Waals surface area contributed by atoms with E-state index in [1.54, 1.807) is 12.1 Å². The summed E-state index contributed by atoms with van der Waals surface area (Å²) in [4.78, 5) is 22.7. The van der Waals surface area contributed by atoms with Crippen molar-refractivity contribution in [3.05, 3.63) is 39.9 Å². The number of carbonyl (C=O) groups is 1. The number of rotatable bonds is 16. The van der Waals surface area contributed by atoms with E-state index in [4.69, 9.17) is 0 Å². The second-order valence-electron chi connectivity index (χ2n) is 7.60. The predicted molar refractivity (Wildman–Crippen MR) is 114 cm³/mol. The standard InChI is InChI=1S/C22H36N2O5/c1-2-3-4-5-6-7-8-9-10-15-21(26)19(17-25)23-22(27)16-18-13-11-12-14-20(18)24(28)29/h11-14,19,21,25-26H,2-10,15-17H2,1H3,(H,23,27). The lowest BCUT2D eigenvalue weighted by atomic mass is 10.0. The molecule has 7 nitrogen and oxygen atoms in total. The van der Waals surface area contributed by atoms with E-state index in [2.05, 4.69) is 12.2 Å². The number of hydrogen-bond acceptors (Lipinski definition) is 5. The van der Waals surface area contributed by atoms with E-state index in [0.717, 1.165) is 19.3 Å². The molecule has 164 valence electrons. The van der Waals surface area contributed by atoms with E-state index in [1.807, 2.05) is 0 Å². The van der Waals surface area contributed by atoms with Gasteiger partial charge in [-0.15, -0.1) is 0 Å². The van der Waals surface area contributed by atoms with Crippen LogP contribution >= 0.6 is 0 Å². The minimum absolute atomic E-state index is 0.113. The summed E-state index contributed by atoms with van der Waals surface area (Å²) < 4.78 is 0. The maximum absolute atomic E-state index is 12.2. The Morgan fingerprint density at radius 1 is 1.07 bits per heavy atom.